The average molecular weight is 387 g/mol. The number of aromatic amines is 1. The van der Waals surface area contributed by atoms with Crippen molar-refractivity contribution in [3.8, 4) is 0 Å². The van der Waals surface area contributed by atoms with E-state index in [1.807, 2.05) is 0 Å². The van der Waals surface area contributed by atoms with Crippen LogP contribution in [0.1, 0.15) is 25.7 Å². The lowest BCUT2D eigenvalue weighted by Crippen LogP contribution is -2.29. The lowest BCUT2D eigenvalue weighted by molar-refractivity contribution is -0.117. The molecule has 2 atom stereocenters. The maximum atomic E-state index is 11.8. The van der Waals surface area contributed by atoms with Gasteiger partial charge in [0.1, 0.15) is 5.69 Å². The van der Waals surface area contributed by atoms with E-state index < -0.39 is 0 Å². The predicted molar refractivity (Wildman–Crippen MR) is 87.8 cm³/mol. The third kappa shape index (κ3) is 5.09. The summed E-state index contributed by atoms with van der Waals surface area (Å²) >= 11 is 3.24. The summed E-state index contributed by atoms with van der Waals surface area (Å²) < 4.78 is 0.718. The molecule has 0 saturated heterocycles. The zero-order valence-electron chi connectivity index (χ0n) is 10.7. The Balaban J connectivity index is 0.00000180. The molecular weight excluding hydrogens is 369 g/mol. The van der Waals surface area contributed by atoms with Crippen LogP contribution in [0.3, 0.4) is 0 Å². The molecule has 1 aromatic rings. The number of carbonyl (C=O) groups is 1. The van der Waals surface area contributed by atoms with E-state index in [1.54, 1.807) is 6.07 Å². The molecule has 1 amide bonds. The lowest BCUT2D eigenvalue weighted by Gasteiger charge is -2.14. The normalized spacial score (nSPS) is 20.7. The number of nitrogens with two attached hydrogens (primary N) is 1. The van der Waals surface area contributed by atoms with E-state index in [0.717, 1.165) is 23.7 Å². The van der Waals surface area contributed by atoms with Crippen LogP contribution in [0.2, 0.25) is 0 Å². The molecule has 4 N–H and O–H groups in total. The molecule has 1 aliphatic rings. The van der Waals surface area contributed by atoms with Crippen molar-refractivity contribution in [1.29, 1.82) is 0 Å². The van der Waals surface area contributed by atoms with Crippen molar-refractivity contribution >= 4 is 52.3 Å². The van der Waals surface area contributed by atoms with E-state index >= 15 is 0 Å². The zero-order chi connectivity index (χ0) is 13.1. The van der Waals surface area contributed by atoms with Crippen molar-refractivity contribution in [2.45, 2.75) is 31.7 Å². The molecule has 2 rings (SSSR count). The van der Waals surface area contributed by atoms with Gasteiger partial charge < -0.3 is 16.0 Å². The highest BCUT2D eigenvalue weighted by atomic mass is 79.9. The number of amides is 1. The van der Waals surface area contributed by atoms with Gasteiger partial charge in [0.15, 0.2) is 0 Å². The van der Waals surface area contributed by atoms with Gasteiger partial charge in [0.2, 0.25) is 5.91 Å². The van der Waals surface area contributed by atoms with Gasteiger partial charge in [-0.2, -0.15) is 0 Å². The largest absolute Gasteiger partial charge is 0.327 e. The molecule has 0 radical (unpaired) electrons. The second-order valence-corrected chi connectivity index (χ2v) is 5.58. The molecule has 1 aromatic heterocycles. The summed E-state index contributed by atoms with van der Waals surface area (Å²) in [6.45, 7) is 0. The summed E-state index contributed by atoms with van der Waals surface area (Å²) in [6, 6.07) is 1.70. The van der Waals surface area contributed by atoms with Gasteiger partial charge in [0.05, 0.1) is 0 Å². The fourth-order valence-electron chi connectivity index (χ4n) is 2.31. The molecule has 0 aliphatic heterocycles. The molecule has 0 unspecified atom stereocenters. The van der Waals surface area contributed by atoms with Crippen LogP contribution in [0.25, 0.3) is 0 Å². The van der Waals surface area contributed by atoms with Crippen LogP contribution < -0.4 is 16.6 Å². The molecule has 1 heterocycles. The molecule has 0 bridgehead atoms. The van der Waals surface area contributed by atoms with Crippen LogP contribution in [-0.4, -0.2) is 16.9 Å². The Bertz CT molecular complexity index is 510. The predicted octanol–water partition coefficient (Wildman–Crippen LogP) is 2.44. The van der Waals surface area contributed by atoms with Crippen LogP contribution in [0.4, 0.5) is 5.69 Å². The smallest absolute Gasteiger partial charge is 0.271 e. The molecular formula is C12H18BrCl2N3O2. The van der Waals surface area contributed by atoms with Crippen molar-refractivity contribution in [1.82, 2.24) is 4.98 Å². The third-order valence-corrected chi connectivity index (χ3v) is 3.77. The van der Waals surface area contributed by atoms with Crippen LogP contribution in [0.15, 0.2) is 21.5 Å². The van der Waals surface area contributed by atoms with Gasteiger partial charge in [-0.3, -0.25) is 9.59 Å². The summed E-state index contributed by atoms with van der Waals surface area (Å²) in [7, 11) is 0. The van der Waals surface area contributed by atoms with Gasteiger partial charge in [0.25, 0.3) is 5.56 Å². The van der Waals surface area contributed by atoms with Crippen molar-refractivity contribution in [2.24, 2.45) is 11.7 Å². The van der Waals surface area contributed by atoms with Gasteiger partial charge >= 0.3 is 0 Å². The van der Waals surface area contributed by atoms with E-state index in [9.17, 15) is 9.59 Å². The lowest BCUT2D eigenvalue weighted by atomic mass is 10.00. The highest BCUT2D eigenvalue weighted by Gasteiger charge is 2.26. The van der Waals surface area contributed by atoms with Gasteiger partial charge in [-0.1, -0.05) is 6.42 Å². The maximum absolute atomic E-state index is 11.8. The van der Waals surface area contributed by atoms with E-state index in [2.05, 4.69) is 26.2 Å². The van der Waals surface area contributed by atoms with Gasteiger partial charge in [-0.05, 0) is 40.8 Å². The minimum Gasteiger partial charge on any atom is -0.327 e. The Morgan fingerprint density at radius 3 is 2.75 bits per heavy atom. The molecule has 1 saturated carbocycles. The quantitative estimate of drug-likeness (QED) is 0.745. The Morgan fingerprint density at radius 1 is 1.45 bits per heavy atom. The van der Waals surface area contributed by atoms with Crippen molar-refractivity contribution in [3.05, 3.63) is 27.1 Å². The first-order chi connectivity index (χ1) is 8.56. The molecule has 0 aromatic carbocycles. The Labute approximate surface area is 138 Å². The van der Waals surface area contributed by atoms with Crippen molar-refractivity contribution in [2.75, 3.05) is 5.32 Å². The summed E-state index contributed by atoms with van der Waals surface area (Å²) in [4.78, 5) is 25.9. The molecule has 5 nitrogen and oxygen atoms in total. The Hall–Kier alpha value is -0.560. The van der Waals surface area contributed by atoms with Gasteiger partial charge in [0, 0.05) is 23.1 Å². The number of aromatic nitrogens is 1. The number of hydrogen-bond donors (Lipinski definition) is 3. The topological polar surface area (TPSA) is 88.0 Å². The molecule has 20 heavy (non-hydrogen) atoms. The summed E-state index contributed by atoms with van der Waals surface area (Å²) in [6.07, 6.45) is 4.97. The number of halogens is 3. The Morgan fingerprint density at radius 2 is 2.15 bits per heavy atom. The fourth-order valence-corrected chi connectivity index (χ4v) is 2.65. The monoisotopic (exact) mass is 385 g/mol. The molecule has 0 spiro atoms. The second-order valence-electron chi connectivity index (χ2n) is 4.67. The number of pyridine rings is 1. The number of H-pyrrole nitrogens is 1. The van der Waals surface area contributed by atoms with Crippen molar-refractivity contribution in [3.63, 3.8) is 0 Å². The first-order valence-electron chi connectivity index (χ1n) is 6.00. The minimum atomic E-state index is -0.303. The number of rotatable bonds is 3. The zero-order valence-corrected chi connectivity index (χ0v) is 13.9. The second kappa shape index (κ2) is 8.67. The van der Waals surface area contributed by atoms with Crippen LogP contribution >= 0.6 is 40.7 Å². The first kappa shape index (κ1) is 19.4. The molecule has 1 aliphatic carbocycles. The fraction of sp³-hybridized carbons (Fsp3) is 0.500. The standard InChI is InChI=1S/C12H16BrN3O2.2ClH/c13-8-5-10(12(18)15-6-8)16-11(17)4-7-2-1-3-9(7)14;;/h5-7,9H,1-4,14H2,(H,15,18)(H,16,17);2*1H/t7-,9+;;/m0../s1. The number of anilines is 1. The average Bonchev–Trinajstić information content (AvgIpc) is 2.70. The number of carbonyl (C=O) groups excluding carboxylic acids is 1. The van der Waals surface area contributed by atoms with Crippen molar-refractivity contribution < 1.29 is 4.79 Å². The number of nitrogens with one attached hydrogen (secondary N) is 2. The summed E-state index contributed by atoms with van der Waals surface area (Å²) in [5, 5.41) is 2.63. The van der Waals surface area contributed by atoms with E-state index in [4.69, 9.17) is 5.73 Å². The van der Waals surface area contributed by atoms with Crippen LogP contribution in [-0.2, 0) is 4.79 Å². The van der Waals surface area contributed by atoms with Gasteiger partial charge in [-0.15, -0.1) is 24.8 Å². The van der Waals surface area contributed by atoms with E-state index in [-0.39, 0.29) is 53.9 Å². The third-order valence-electron chi connectivity index (χ3n) is 3.31. The summed E-state index contributed by atoms with van der Waals surface area (Å²) in [5.41, 5.74) is 5.88. The van der Waals surface area contributed by atoms with Crippen LogP contribution in [0, 0.1) is 5.92 Å². The van der Waals surface area contributed by atoms with Gasteiger partial charge in [-0.25, -0.2) is 0 Å². The highest BCUT2D eigenvalue weighted by molar-refractivity contribution is 9.10. The Kier molecular flexibility index (Phi) is 8.42. The number of hydrogen-bond acceptors (Lipinski definition) is 3. The molecule has 8 heteroatoms. The molecule has 114 valence electrons. The maximum Gasteiger partial charge on any atom is 0.271 e. The molecule has 1 fully saturated rings. The highest BCUT2D eigenvalue weighted by Crippen LogP contribution is 2.27. The minimum absolute atomic E-state index is 0. The summed E-state index contributed by atoms with van der Waals surface area (Å²) in [5.74, 6) is 0.0807. The van der Waals surface area contributed by atoms with E-state index in [1.165, 1.54) is 6.20 Å². The first-order valence-corrected chi connectivity index (χ1v) is 6.79. The SMILES string of the molecule is Cl.Cl.N[C@@H]1CCC[C@H]1CC(=O)Nc1cc(Br)c[nH]c1=O. The van der Waals surface area contributed by atoms with E-state index in [0.29, 0.717) is 6.42 Å². The van der Waals surface area contributed by atoms with Crippen LogP contribution in [0.5, 0.6) is 0 Å².